The van der Waals surface area contributed by atoms with Crippen LogP contribution in [-0.4, -0.2) is 26.0 Å². The number of nitrogens with zero attached hydrogens (tertiary/aromatic N) is 1. The highest BCUT2D eigenvalue weighted by atomic mass is 19.3. The Hall–Kier alpha value is -2.36. The van der Waals surface area contributed by atoms with Gasteiger partial charge in [-0.25, -0.2) is 8.78 Å². The molecule has 0 saturated carbocycles. The molecule has 0 heterocycles. The maximum Gasteiger partial charge on any atom is 0.272 e. The van der Waals surface area contributed by atoms with Crippen molar-refractivity contribution in [3.8, 4) is 17.6 Å². The molecule has 0 unspecified atom stereocenters. The fraction of sp³-hybridized carbons (Fsp3) is 0.333. The molecule has 1 amide bonds. The van der Waals surface area contributed by atoms with Crippen molar-refractivity contribution in [3.05, 3.63) is 18.2 Å². The predicted octanol–water partition coefficient (Wildman–Crippen LogP) is 2.19. The Morgan fingerprint density at radius 2 is 2.21 bits per heavy atom. The number of anilines is 1. The average Bonchev–Trinajstić information content (AvgIpc) is 2.36. The second-order valence-electron chi connectivity index (χ2n) is 3.45. The van der Waals surface area contributed by atoms with Gasteiger partial charge in [-0.15, -0.1) is 0 Å². The Kier molecular flexibility index (Phi) is 5.54. The molecule has 0 aliphatic rings. The van der Waals surface area contributed by atoms with Crippen LogP contribution in [0.4, 0.5) is 14.5 Å². The number of ether oxygens (including phenoxy) is 2. The fourth-order valence-electron chi connectivity index (χ4n) is 1.30. The van der Waals surface area contributed by atoms with Gasteiger partial charge in [0, 0.05) is 11.8 Å². The van der Waals surface area contributed by atoms with E-state index in [4.69, 9.17) is 14.7 Å². The van der Waals surface area contributed by atoms with Crippen molar-refractivity contribution in [3.63, 3.8) is 0 Å². The molecule has 0 aliphatic carbocycles. The van der Waals surface area contributed by atoms with E-state index in [1.165, 1.54) is 25.3 Å². The van der Waals surface area contributed by atoms with Crippen LogP contribution in [-0.2, 0) is 4.79 Å². The summed E-state index contributed by atoms with van der Waals surface area (Å²) in [5, 5.41) is 10.8. The van der Waals surface area contributed by atoms with Crippen molar-refractivity contribution in [1.82, 2.24) is 0 Å². The van der Waals surface area contributed by atoms with Crippen LogP contribution in [0.25, 0.3) is 0 Å². The number of benzene rings is 1. The molecule has 0 saturated heterocycles. The molecule has 1 N–H and O–H groups in total. The van der Waals surface area contributed by atoms with Crippen molar-refractivity contribution in [1.29, 1.82) is 5.26 Å². The van der Waals surface area contributed by atoms with Crippen LogP contribution in [0.15, 0.2) is 18.2 Å². The van der Waals surface area contributed by atoms with Crippen LogP contribution >= 0.6 is 0 Å². The lowest BCUT2D eigenvalue weighted by Gasteiger charge is -2.12. The third-order valence-corrected chi connectivity index (χ3v) is 2.05. The predicted molar refractivity (Wildman–Crippen MR) is 63.4 cm³/mol. The van der Waals surface area contributed by atoms with Crippen LogP contribution in [0.3, 0.4) is 0 Å². The number of hydrogen-bond donors (Lipinski definition) is 1. The normalized spacial score (nSPS) is 9.84. The minimum Gasteiger partial charge on any atom is -0.493 e. The molecule has 19 heavy (non-hydrogen) atoms. The van der Waals surface area contributed by atoms with Gasteiger partial charge in [-0.2, -0.15) is 5.26 Å². The molecule has 0 atom stereocenters. The van der Waals surface area contributed by atoms with Gasteiger partial charge in [-0.3, -0.25) is 4.79 Å². The molecule has 0 bridgehead atoms. The Labute approximate surface area is 108 Å². The number of rotatable bonds is 6. The van der Waals surface area contributed by atoms with Crippen LogP contribution in [0.1, 0.15) is 6.42 Å². The summed E-state index contributed by atoms with van der Waals surface area (Å²) < 4.78 is 34.0. The summed E-state index contributed by atoms with van der Waals surface area (Å²) in [4.78, 5) is 11.2. The number of alkyl halides is 2. The SMILES string of the molecule is COc1ccc(NC(=O)CC#N)cc1OCC(F)F. The first kappa shape index (κ1) is 14.7. The first-order chi connectivity index (χ1) is 9.06. The van der Waals surface area contributed by atoms with Gasteiger partial charge in [0.15, 0.2) is 11.5 Å². The molecule has 1 rings (SSSR count). The highest BCUT2D eigenvalue weighted by Gasteiger charge is 2.10. The second kappa shape index (κ2) is 7.16. The smallest absolute Gasteiger partial charge is 0.272 e. The summed E-state index contributed by atoms with van der Waals surface area (Å²) in [6, 6.07) is 6.05. The zero-order chi connectivity index (χ0) is 14.3. The lowest BCUT2D eigenvalue weighted by atomic mass is 10.2. The quantitative estimate of drug-likeness (QED) is 0.860. The van der Waals surface area contributed by atoms with Gasteiger partial charge in [0.05, 0.1) is 13.2 Å². The Bertz CT molecular complexity index is 486. The number of amides is 1. The fourth-order valence-corrected chi connectivity index (χ4v) is 1.30. The van der Waals surface area contributed by atoms with Crippen LogP contribution in [0.2, 0.25) is 0 Å². The maximum absolute atomic E-state index is 12.1. The summed E-state index contributed by atoms with van der Waals surface area (Å²) in [6.45, 7) is -0.772. The van der Waals surface area contributed by atoms with E-state index in [0.717, 1.165) is 0 Å². The lowest BCUT2D eigenvalue weighted by Crippen LogP contribution is -2.11. The minimum absolute atomic E-state index is 0.0950. The molecule has 0 aliphatic heterocycles. The summed E-state index contributed by atoms with van der Waals surface area (Å²) in [7, 11) is 1.37. The highest BCUT2D eigenvalue weighted by Crippen LogP contribution is 2.30. The Morgan fingerprint density at radius 3 is 2.79 bits per heavy atom. The summed E-state index contributed by atoms with van der Waals surface area (Å²) >= 11 is 0. The third kappa shape index (κ3) is 4.79. The topological polar surface area (TPSA) is 71.3 Å². The van der Waals surface area contributed by atoms with E-state index >= 15 is 0 Å². The van der Waals surface area contributed by atoms with E-state index in [9.17, 15) is 13.6 Å². The summed E-state index contributed by atoms with van der Waals surface area (Å²) in [5.74, 6) is -0.121. The monoisotopic (exact) mass is 270 g/mol. The number of methoxy groups -OCH3 is 1. The standard InChI is InChI=1S/C12H12F2N2O3/c1-18-9-3-2-8(16-12(17)4-5-15)6-10(9)19-7-11(13)14/h2-3,6,11H,4,7H2,1H3,(H,16,17). The second-order valence-corrected chi connectivity index (χ2v) is 3.45. The van der Waals surface area contributed by atoms with Gasteiger partial charge >= 0.3 is 0 Å². The van der Waals surface area contributed by atoms with Crippen molar-refractivity contribution in [2.75, 3.05) is 19.0 Å². The zero-order valence-electron chi connectivity index (χ0n) is 10.2. The van der Waals surface area contributed by atoms with Crippen molar-refractivity contribution in [2.45, 2.75) is 12.8 Å². The van der Waals surface area contributed by atoms with Crippen LogP contribution in [0.5, 0.6) is 11.5 Å². The van der Waals surface area contributed by atoms with E-state index in [0.29, 0.717) is 5.69 Å². The van der Waals surface area contributed by atoms with E-state index in [1.807, 2.05) is 0 Å². The minimum atomic E-state index is -2.61. The van der Waals surface area contributed by atoms with Gasteiger partial charge in [-0.1, -0.05) is 0 Å². The number of nitrogens with one attached hydrogen (secondary N) is 1. The molecular weight excluding hydrogens is 258 g/mol. The summed E-state index contributed by atoms with van der Waals surface area (Å²) in [5.41, 5.74) is 0.338. The molecule has 0 fully saturated rings. The van der Waals surface area contributed by atoms with E-state index in [-0.39, 0.29) is 17.9 Å². The molecule has 1 aromatic carbocycles. The third-order valence-electron chi connectivity index (χ3n) is 2.05. The van der Waals surface area contributed by atoms with Gasteiger partial charge in [0.1, 0.15) is 13.0 Å². The van der Waals surface area contributed by atoms with E-state index < -0.39 is 18.9 Å². The average molecular weight is 270 g/mol. The molecule has 5 nitrogen and oxygen atoms in total. The Morgan fingerprint density at radius 1 is 1.47 bits per heavy atom. The van der Waals surface area contributed by atoms with E-state index in [2.05, 4.69) is 5.32 Å². The van der Waals surface area contributed by atoms with Crippen LogP contribution in [0, 0.1) is 11.3 Å². The van der Waals surface area contributed by atoms with Gasteiger partial charge in [0.2, 0.25) is 5.91 Å². The molecule has 7 heteroatoms. The first-order valence-corrected chi connectivity index (χ1v) is 5.32. The zero-order valence-corrected chi connectivity index (χ0v) is 10.2. The Balaban J connectivity index is 2.82. The number of hydrogen-bond acceptors (Lipinski definition) is 4. The lowest BCUT2D eigenvalue weighted by molar-refractivity contribution is -0.115. The largest absolute Gasteiger partial charge is 0.493 e. The number of carbonyl (C=O) groups is 1. The molecular formula is C12H12F2N2O3. The molecule has 102 valence electrons. The molecule has 0 aromatic heterocycles. The number of nitriles is 1. The van der Waals surface area contributed by atoms with Crippen molar-refractivity contribution < 1.29 is 23.0 Å². The van der Waals surface area contributed by atoms with E-state index in [1.54, 1.807) is 6.07 Å². The van der Waals surface area contributed by atoms with Gasteiger partial charge < -0.3 is 14.8 Å². The van der Waals surface area contributed by atoms with Gasteiger partial charge in [-0.05, 0) is 12.1 Å². The number of halogens is 2. The van der Waals surface area contributed by atoms with Crippen LogP contribution < -0.4 is 14.8 Å². The number of carbonyl (C=O) groups excluding carboxylic acids is 1. The molecule has 1 aromatic rings. The summed E-state index contributed by atoms with van der Waals surface area (Å²) in [6.07, 6.45) is -2.90. The first-order valence-electron chi connectivity index (χ1n) is 5.32. The van der Waals surface area contributed by atoms with Gasteiger partial charge in [0.25, 0.3) is 6.43 Å². The van der Waals surface area contributed by atoms with Crippen molar-refractivity contribution in [2.24, 2.45) is 0 Å². The van der Waals surface area contributed by atoms with Crippen molar-refractivity contribution >= 4 is 11.6 Å². The maximum atomic E-state index is 12.1. The molecule has 0 spiro atoms. The highest BCUT2D eigenvalue weighted by molar-refractivity contribution is 5.92. The molecule has 0 radical (unpaired) electrons.